The zero-order valence-electron chi connectivity index (χ0n) is 16.6. The number of hydrogen-bond acceptors (Lipinski definition) is 5. The highest BCUT2D eigenvalue weighted by atomic mass is 19.4. The number of amides is 1. The molecule has 1 aliphatic carbocycles. The van der Waals surface area contributed by atoms with E-state index in [0.29, 0.717) is 18.5 Å². The molecule has 6 nitrogen and oxygen atoms in total. The van der Waals surface area contributed by atoms with Gasteiger partial charge in [0.05, 0.1) is 5.54 Å². The molecular formula is C22H20F3N5O. The molecular weight excluding hydrogens is 407 g/mol. The van der Waals surface area contributed by atoms with Gasteiger partial charge in [0, 0.05) is 17.4 Å². The average Bonchev–Trinajstić information content (AvgIpc) is 3.50. The molecule has 3 aromatic rings. The summed E-state index contributed by atoms with van der Waals surface area (Å²) in [5.41, 5.74) is 6.19. The quantitative estimate of drug-likeness (QED) is 0.528. The van der Waals surface area contributed by atoms with Crippen LogP contribution in [-0.2, 0) is 11.7 Å². The summed E-state index contributed by atoms with van der Waals surface area (Å²) in [6.45, 7) is 1.78. The number of benzene rings is 2. The zero-order chi connectivity index (χ0) is 22.2. The highest BCUT2D eigenvalue weighted by Crippen LogP contribution is 2.49. The van der Waals surface area contributed by atoms with E-state index in [4.69, 9.17) is 5.73 Å². The Labute approximate surface area is 176 Å². The molecule has 1 heterocycles. The fourth-order valence-corrected chi connectivity index (χ4v) is 3.37. The van der Waals surface area contributed by atoms with Crippen LogP contribution in [-0.4, -0.2) is 15.9 Å². The molecule has 0 saturated heterocycles. The molecule has 1 aromatic heterocycles. The van der Waals surface area contributed by atoms with Gasteiger partial charge in [0.25, 0.3) is 0 Å². The molecule has 1 fully saturated rings. The molecule has 31 heavy (non-hydrogen) atoms. The number of nitrogens with one attached hydrogen (secondary N) is 2. The monoisotopic (exact) mass is 427 g/mol. The Kier molecular flexibility index (Phi) is 5.04. The molecule has 2 aromatic carbocycles. The first-order valence-corrected chi connectivity index (χ1v) is 9.63. The molecule has 0 aliphatic heterocycles. The van der Waals surface area contributed by atoms with Gasteiger partial charge in [-0.15, -0.1) is 0 Å². The molecule has 4 rings (SSSR count). The maximum atomic E-state index is 13.6. The fourth-order valence-electron chi connectivity index (χ4n) is 3.37. The van der Waals surface area contributed by atoms with Crippen molar-refractivity contribution in [1.82, 2.24) is 9.97 Å². The lowest BCUT2D eigenvalue weighted by Crippen LogP contribution is -2.23. The van der Waals surface area contributed by atoms with Gasteiger partial charge in [-0.25, -0.2) is 4.98 Å². The van der Waals surface area contributed by atoms with Crippen LogP contribution >= 0.6 is 0 Å². The first-order chi connectivity index (χ1) is 14.7. The second-order valence-corrected chi connectivity index (χ2v) is 7.55. The molecule has 0 radical (unpaired) electrons. The number of alkyl halides is 3. The van der Waals surface area contributed by atoms with E-state index in [1.807, 2.05) is 30.3 Å². The van der Waals surface area contributed by atoms with E-state index in [1.54, 1.807) is 19.1 Å². The smallest absolute Gasteiger partial charge is 0.366 e. The molecule has 4 N–H and O–H groups in total. The third-order valence-corrected chi connectivity index (χ3v) is 5.30. The number of nitrogens with two attached hydrogens (primary N) is 1. The van der Waals surface area contributed by atoms with Crippen LogP contribution in [0, 0.1) is 6.92 Å². The Morgan fingerprint density at radius 1 is 1.13 bits per heavy atom. The maximum Gasteiger partial charge on any atom is 0.421 e. The van der Waals surface area contributed by atoms with Crippen molar-refractivity contribution < 1.29 is 18.0 Å². The predicted octanol–water partition coefficient (Wildman–Crippen LogP) is 4.75. The number of primary amides is 1. The van der Waals surface area contributed by atoms with Crippen LogP contribution in [0.1, 0.15) is 39.9 Å². The van der Waals surface area contributed by atoms with Gasteiger partial charge in [-0.3, -0.25) is 4.79 Å². The molecule has 1 aliphatic rings. The van der Waals surface area contributed by atoms with E-state index < -0.39 is 23.2 Å². The lowest BCUT2D eigenvalue weighted by molar-refractivity contribution is -0.137. The largest absolute Gasteiger partial charge is 0.421 e. The Bertz CT molecular complexity index is 1130. The second kappa shape index (κ2) is 7.57. The maximum absolute atomic E-state index is 13.6. The van der Waals surface area contributed by atoms with E-state index >= 15 is 0 Å². The van der Waals surface area contributed by atoms with E-state index in [2.05, 4.69) is 20.6 Å². The van der Waals surface area contributed by atoms with Gasteiger partial charge < -0.3 is 16.4 Å². The second-order valence-electron chi connectivity index (χ2n) is 7.55. The minimum atomic E-state index is -4.62. The Hall–Kier alpha value is -3.62. The van der Waals surface area contributed by atoms with Gasteiger partial charge in [-0.1, -0.05) is 36.4 Å². The third-order valence-electron chi connectivity index (χ3n) is 5.30. The van der Waals surface area contributed by atoms with Crippen molar-refractivity contribution in [3.05, 3.63) is 77.0 Å². The Morgan fingerprint density at radius 3 is 2.45 bits per heavy atom. The highest BCUT2D eigenvalue weighted by Gasteiger charge is 2.46. The SMILES string of the molecule is Cc1ccc(C(N)=O)cc1Nc1ncc(C(F)(F)F)c(NC2(c3ccccc3)CC2)n1. The molecule has 0 spiro atoms. The van der Waals surface area contributed by atoms with Crippen LogP contribution in [0.15, 0.2) is 54.7 Å². The van der Waals surface area contributed by atoms with Crippen LogP contribution in [0.3, 0.4) is 0 Å². The van der Waals surface area contributed by atoms with Crippen molar-refractivity contribution in [2.24, 2.45) is 5.73 Å². The third kappa shape index (κ3) is 4.30. The van der Waals surface area contributed by atoms with E-state index in [0.717, 1.165) is 17.3 Å². The van der Waals surface area contributed by atoms with Crippen LogP contribution in [0.2, 0.25) is 0 Å². The number of aryl methyl sites for hydroxylation is 1. The topological polar surface area (TPSA) is 92.9 Å². The average molecular weight is 427 g/mol. The van der Waals surface area contributed by atoms with Crippen molar-refractivity contribution in [3.8, 4) is 0 Å². The summed E-state index contributed by atoms with van der Waals surface area (Å²) in [5.74, 6) is -0.934. The summed E-state index contributed by atoms with van der Waals surface area (Å²) in [4.78, 5) is 19.4. The predicted molar refractivity (Wildman–Crippen MR) is 111 cm³/mol. The van der Waals surface area contributed by atoms with Crippen molar-refractivity contribution in [2.75, 3.05) is 10.6 Å². The lowest BCUT2D eigenvalue weighted by atomic mass is 10.0. The number of hydrogen-bond donors (Lipinski definition) is 3. The van der Waals surface area contributed by atoms with E-state index in [-0.39, 0.29) is 17.3 Å². The normalized spacial score (nSPS) is 14.7. The summed E-state index contributed by atoms with van der Waals surface area (Å²) in [7, 11) is 0. The highest BCUT2D eigenvalue weighted by molar-refractivity contribution is 5.94. The number of nitrogens with zero attached hydrogens (tertiary/aromatic N) is 2. The van der Waals surface area contributed by atoms with Crippen molar-refractivity contribution in [1.29, 1.82) is 0 Å². The minimum Gasteiger partial charge on any atom is -0.366 e. The molecule has 0 unspecified atom stereocenters. The molecule has 160 valence electrons. The van der Waals surface area contributed by atoms with Crippen molar-refractivity contribution in [2.45, 2.75) is 31.5 Å². The molecule has 9 heteroatoms. The summed E-state index contributed by atoms with van der Waals surface area (Å²) < 4.78 is 40.9. The summed E-state index contributed by atoms with van der Waals surface area (Å²) in [6.07, 6.45) is -2.47. The van der Waals surface area contributed by atoms with Gasteiger partial charge in [0.15, 0.2) is 0 Å². The summed E-state index contributed by atoms with van der Waals surface area (Å²) >= 11 is 0. The number of halogens is 3. The first-order valence-electron chi connectivity index (χ1n) is 9.63. The van der Waals surface area contributed by atoms with Gasteiger partial charge in [0.1, 0.15) is 11.4 Å². The first kappa shape index (κ1) is 20.6. The number of anilines is 3. The number of aromatic nitrogens is 2. The lowest BCUT2D eigenvalue weighted by Gasteiger charge is -2.22. The van der Waals surface area contributed by atoms with E-state index in [9.17, 15) is 18.0 Å². The van der Waals surface area contributed by atoms with Gasteiger partial charge in [-0.2, -0.15) is 18.2 Å². The van der Waals surface area contributed by atoms with Crippen molar-refractivity contribution >= 4 is 23.4 Å². The van der Waals surface area contributed by atoms with Crippen molar-refractivity contribution in [3.63, 3.8) is 0 Å². The van der Waals surface area contributed by atoms with Crippen LogP contribution in [0.5, 0.6) is 0 Å². The van der Waals surface area contributed by atoms with Gasteiger partial charge >= 0.3 is 6.18 Å². The fraction of sp³-hybridized carbons (Fsp3) is 0.227. The molecule has 0 bridgehead atoms. The number of rotatable bonds is 6. The standard InChI is InChI=1S/C22H20F3N5O/c1-13-7-8-14(18(26)31)11-17(13)28-20-27-12-16(22(23,24)25)19(29-20)30-21(9-10-21)15-5-3-2-4-6-15/h2-8,11-12H,9-10H2,1H3,(H2,26,31)(H2,27,28,29,30). The molecule has 0 atom stereocenters. The molecule has 1 saturated carbocycles. The van der Waals surface area contributed by atoms with Gasteiger partial charge in [-0.05, 0) is 43.0 Å². The van der Waals surface area contributed by atoms with Crippen LogP contribution in [0.25, 0.3) is 0 Å². The van der Waals surface area contributed by atoms with Gasteiger partial charge in [0.2, 0.25) is 11.9 Å². The zero-order valence-corrected chi connectivity index (χ0v) is 16.6. The summed E-state index contributed by atoms with van der Waals surface area (Å²) in [6, 6.07) is 14.1. The Balaban J connectivity index is 1.69. The number of carbonyl (C=O) groups excluding carboxylic acids is 1. The minimum absolute atomic E-state index is 0.0240. The summed E-state index contributed by atoms with van der Waals surface area (Å²) in [5, 5.41) is 5.90. The van der Waals surface area contributed by atoms with Crippen LogP contribution < -0.4 is 16.4 Å². The van der Waals surface area contributed by atoms with Crippen LogP contribution in [0.4, 0.5) is 30.6 Å². The number of carbonyl (C=O) groups is 1. The molecule has 1 amide bonds. The van der Waals surface area contributed by atoms with E-state index in [1.165, 1.54) is 6.07 Å². The Morgan fingerprint density at radius 2 is 1.84 bits per heavy atom.